The van der Waals surface area contributed by atoms with Crippen LogP contribution in [0.4, 0.5) is 4.39 Å². The van der Waals surface area contributed by atoms with E-state index >= 15 is 0 Å². The summed E-state index contributed by atoms with van der Waals surface area (Å²) in [5, 5.41) is 2.07. The molecule has 0 aliphatic heterocycles. The Bertz CT molecular complexity index is 503. The average molecular weight is 223 g/mol. The predicted octanol–water partition coefficient (Wildman–Crippen LogP) is 4.76. The minimum Gasteiger partial charge on any atom is -0.205 e. The van der Waals surface area contributed by atoms with Crippen molar-refractivity contribution in [2.24, 2.45) is 0 Å². The fourth-order valence-electron chi connectivity index (χ4n) is 1.82. The Kier molecular flexibility index (Phi) is 2.66. The minimum absolute atomic E-state index is 0.233. The summed E-state index contributed by atoms with van der Waals surface area (Å²) in [6.45, 7) is 4.16. The first kappa shape index (κ1) is 10.4. The lowest BCUT2D eigenvalue weighted by Crippen LogP contribution is -1.91. The van der Waals surface area contributed by atoms with Crippen LogP contribution in [-0.2, 0) is 0 Å². The third-order valence-corrected chi connectivity index (χ3v) is 2.96. The van der Waals surface area contributed by atoms with Crippen molar-refractivity contribution < 1.29 is 4.39 Å². The molecule has 0 fully saturated rings. The van der Waals surface area contributed by atoms with Crippen molar-refractivity contribution in [1.29, 1.82) is 0 Å². The van der Waals surface area contributed by atoms with E-state index < -0.39 is 0 Å². The summed E-state index contributed by atoms with van der Waals surface area (Å²) >= 11 is 6.00. The Morgan fingerprint density at radius 1 is 1.13 bits per heavy atom. The molecule has 0 saturated carbocycles. The molecular weight excluding hydrogens is 211 g/mol. The zero-order chi connectivity index (χ0) is 11.0. The SMILES string of the molecule is CC(C)c1cccc2ccc(F)c(Cl)c12. The second-order valence-corrected chi connectivity index (χ2v) is 4.34. The molecule has 2 aromatic carbocycles. The molecule has 0 spiro atoms. The van der Waals surface area contributed by atoms with E-state index in [1.165, 1.54) is 6.07 Å². The van der Waals surface area contributed by atoms with Gasteiger partial charge in [-0.25, -0.2) is 4.39 Å². The quantitative estimate of drug-likeness (QED) is 0.653. The first-order chi connectivity index (χ1) is 7.11. The highest BCUT2D eigenvalue weighted by Crippen LogP contribution is 2.32. The van der Waals surface area contributed by atoms with Gasteiger partial charge in [-0.05, 0) is 22.9 Å². The topological polar surface area (TPSA) is 0 Å². The van der Waals surface area contributed by atoms with Crippen LogP contribution in [0.25, 0.3) is 10.8 Å². The van der Waals surface area contributed by atoms with E-state index in [1.807, 2.05) is 18.2 Å². The minimum atomic E-state index is -0.350. The Labute approximate surface area is 93.7 Å². The molecule has 0 bridgehead atoms. The summed E-state index contributed by atoms with van der Waals surface area (Å²) in [5.74, 6) is -0.00901. The molecule has 0 unspecified atom stereocenters. The monoisotopic (exact) mass is 222 g/mol. The van der Waals surface area contributed by atoms with Gasteiger partial charge in [0, 0.05) is 5.39 Å². The Morgan fingerprint density at radius 3 is 2.53 bits per heavy atom. The van der Waals surface area contributed by atoms with Gasteiger partial charge in [0.15, 0.2) is 0 Å². The highest BCUT2D eigenvalue weighted by Gasteiger charge is 2.11. The Balaban J connectivity index is 2.88. The van der Waals surface area contributed by atoms with Crippen molar-refractivity contribution in [3.63, 3.8) is 0 Å². The van der Waals surface area contributed by atoms with Gasteiger partial charge in [0.25, 0.3) is 0 Å². The van der Waals surface area contributed by atoms with Gasteiger partial charge in [-0.15, -0.1) is 0 Å². The fraction of sp³-hybridized carbons (Fsp3) is 0.231. The zero-order valence-corrected chi connectivity index (χ0v) is 9.48. The Morgan fingerprint density at radius 2 is 1.87 bits per heavy atom. The highest BCUT2D eigenvalue weighted by atomic mass is 35.5. The lowest BCUT2D eigenvalue weighted by Gasteiger charge is -2.11. The van der Waals surface area contributed by atoms with Gasteiger partial charge in [-0.1, -0.05) is 49.7 Å². The summed E-state index contributed by atoms with van der Waals surface area (Å²) in [5.41, 5.74) is 1.09. The van der Waals surface area contributed by atoms with E-state index in [4.69, 9.17) is 11.6 Å². The highest BCUT2D eigenvalue weighted by molar-refractivity contribution is 6.36. The molecule has 0 nitrogen and oxygen atoms in total. The largest absolute Gasteiger partial charge is 0.205 e. The van der Waals surface area contributed by atoms with Crippen molar-refractivity contribution in [2.75, 3.05) is 0 Å². The molecule has 0 saturated heterocycles. The molecular formula is C13H12ClF. The summed E-state index contributed by atoms with van der Waals surface area (Å²) in [7, 11) is 0. The van der Waals surface area contributed by atoms with Crippen LogP contribution in [0.5, 0.6) is 0 Å². The summed E-state index contributed by atoms with van der Waals surface area (Å²) in [6, 6.07) is 9.11. The van der Waals surface area contributed by atoms with E-state index in [2.05, 4.69) is 13.8 Å². The maximum atomic E-state index is 13.4. The number of halogens is 2. The second kappa shape index (κ2) is 3.82. The number of hydrogen-bond donors (Lipinski definition) is 0. The first-order valence-electron chi connectivity index (χ1n) is 4.98. The van der Waals surface area contributed by atoms with Gasteiger partial charge in [0.05, 0.1) is 5.02 Å². The number of rotatable bonds is 1. The fourth-order valence-corrected chi connectivity index (χ4v) is 2.10. The molecule has 0 atom stereocenters. The third kappa shape index (κ3) is 1.72. The van der Waals surface area contributed by atoms with Gasteiger partial charge < -0.3 is 0 Å². The normalized spacial score (nSPS) is 11.3. The molecule has 0 heterocycles. The van der Waals surface area contributed by atoms with E-state index in [0.29, 0.717) is 5.92 Å². The van der Waals surface area contributed by atoms with Crippen LogP contribution < -0.4 is 0 Å². The molecule has 0 aliphatic rings. The third-order valence-electron chi connectivity index (χ3n) is 2.59. The van der Waals surface area contributed by atoms with Crippen molar-refractivity contribution >= 4 is 22.4 Å². The summed E-state index contributed by atoms with van der Waals surface area (Å²) < 4.78 is 13.4. The number of hydrogen-bond acceptors (Lipinski definition) is 0. The van der Waals surface area contributed by atoms with Crippen LogP contribution in [0.15, 0.2) is 30.3 Å². The predicted molar refractivity (Wildman–Crippen MR) is 63.0 cm³/mol. The zero-order valence-electron chi connectivity index (χ0n) is 8.72. The van der Waals surface area contributed by atoms with Crippen LogP contribution in [0.3, 0.4) is 0 Å². The van der Waals surface area contributed by atoms with Gasteiger partial charge in [0.1, 0.15) is 5.82 Å². The van der Waals surface area contributed by atoms with Crippen LogP contribution >= 0.6 is 11.6 Å². The molecule has 2 rings (SSSR count). The maximum absolute atomic E-state index is 13.4. The van der Waals surface area contributed by atoms with Gasteiger partial charge in [-0.3, -0.25) is 0 Å². The van der Waals surface area contributed by atoms with Gasteiger partial charge >= 0.3 is 0 Å². The number of benzene rings is 2. The van der Waals surface area contributed by atoms with E-state index in [-0.39, 0.29) is 10.8 Å². The van der Waals surface area contributed by atoms with Crippen molar-refractivity contribution in [1.82, 2.24) is 0 Å². The van der Waals surface area contributed by atoms with Crippen LogP contribution in [0, 0.1) is 5.82 Å². The molecule has 2 aromatic rings. The summed E-state index contributed by atoms with van der Waals surface area (Å²) in [4.78, 5) is 0. The van der Waals surface area contributed by atoms with E-state index in [1.54, 1.807) is 6.07 Å². The lowest BCUT2D eigenvalue weighted by atomic mass is 9.96. The molecule has 0 amide bonds. The first-order valence-corrected chi connectivity index (χ1v) is 5.35. The molecule has 0 N–H and O–H groups in total. The molecule has 0 aliphatic carbocycles. The van der Waals surface area contributed by atoms with E-state index in [9.17, 15) is 4.39 Å². The van der Waals surface area contributed by atoms with E-state index in [0.717, 1.165) is 16.3 Å². The molecule has 0 radical (unpaired) electrons. The molecule has 78 valence electrons. The standard InChI is InChI=1S/C13H12ClF/c1-8(2)10-5-3-4-9-6-7-11(15)13(14)12(9)10/h3-8H,1-2H3. The maximum Gasteiger partial charge on any atom is 0.142 e. The van der Waals surface area contributed by atoms with Crippen molar-refractivity contribution in [2.45, 2.75) is 19.8 Å². The number of fused-ring (bicyclic) bond motifs is 1. The lowest BCUT2D eigenvalue weighted by molar-refractivity contribution is 0.630. The molecule has 2 heteroatoms. The van der Waals surface area contributed by atoms with Crippen LogP contribution in [0.2, 0.25) is 5.02 Å². The van der Waals surface area contributed by atoms with Gasteiger partial charge in [0.2, 0.25) is 0 Å². The van der Waals surface area contributed by atoms with Crippen molar-refractivity contribution in [3.8, 4) is 0 Å². The smallest absolute Gasteiger partial charge is 0.142 e. The summed E-state index contributed by atoms with van der Waals surface area (Å²) in [6.07, 6.45) is 0. The van der Waals surface area contributed by atoms with Gasteiger partial charge in [-0.2, -0.15) is 0 Å². The van der Waals surface area contributed by atoms with Crippen LogP contribution in [0.1, 0.15) is 25.3 Å². The molecule has 0 aromatic heterocycles. The average Bonchev–Trinajstić information content (AvgIpc) is 2.23. The Hall–Kier alpha value is -1.08. The van der Waals surface area contributed by atoms with Crippen molar-refractivity contribution in [3.05, 3.63) is 46.7 Å². The van der Waals surface area contributed by atoms with Crippen LogP contribution in [-0.4, -0.2) is 0 Å². The second-order valence-electron chi connectivity index (χ2n) is 3.96. The molecule has 15 heavy (non-hydrogen) atoms.